The van der Waals surface area contributed by atoms with Crippen LogP contribution < -0.4 is 11.1 Å². The normalized spacial score (nSPS) is 23.3. The Balaban J connectivity index is 1.89. The molecule has 0 spiro atoms. The van der Waals surface area contributed by atoms with Crippen molar-refractivity contribution in [2.24, 2.45) is 5.73 Å². The van der Waals surface area contributed by atoms with Crippen LogP contribution in [0.15, 0.2) is 0 Å². The van der Waals surface area contributed by atoms with E-state index in [0.29, 0.717) is 31.7 Å². The van der Waals surface area contributed by atoms with Gasteiger partial charge in [-0.1, -0.05) is 0 Å². The molecule has 5 nitrogen and oxygen atoms in total. The van der Waals surface area contributed by atoms with Gasteiger partial charge in [0.2, 0.25) is 5.91 Å². The number of rotatable bonds is 9. The van der Waals surface area contributed by atoms with Crippen LogP contribution in [0.1, 0.15) is 44.9 Å². The minimum absolute atomic E-state index is 0.0979. The second kappa shape index (κ2) is 10.2. The van der Waals surface area contributed by atoms with E-state index in [9.17, 15) is 4.79 Å². The number of amides is 1. The summed E-state index contributed by atoms with van der Waals surface area (Å²) in [6.45, 7) is 2.05. The fraction of sp³-hybridized carbons (Fsp3) is 0.929. The van der Waals surface area contributed by atoms with Gasteiger partial charge in [-0.05, 0) is 38.5 Å². The highest BCUT2D eigenvalue weighted by molar-refractivity contribution is 5.75. The lowest BCUT2D eigenvalue weighted by atomic mass is 9.94. The number of carbonyl (C=O) groups excluding carboxylic acids is 1. The number of carbonyl (C=O) groups is 1. The maximum atomic E-state index is 11.4. The smallest absolute Gasteiger partial charge is 0.220 e. The average Bonchev–Trinajstić information content (AvgIpc) is 2.41. The summed E-state index contributed by atoms with van der Waals surface area (Å²) in [5, 5.41) is 2.89. The van der Waals surface area contributed by atoms with Crippen molar-refractivity contribution >= 4 is 5.91 Å². The molecule has 0 bridgehead atoms. The molecule has 0 unspecified atom stereocenters. The number of nitrogens with two attached hydrogens (primary N) is 1. The molecular formula is C14H28N2O3. The SMILES string of the molecule is COCCCC(=O)NCCCOC1CCC(N)CC1. The van der Waals surface area contributed by atoms with Gasteiger partial charge in [0.15, 0.2) is 0 Å². The Hall–Kier alpha value is -0.650. The zero-order valence-electron chi connectivity index (χ0n) is 12.0. The van der Waals surface area contributed by atoms with Gasteiger partial charge in [0.05, 0.1) is 6.10 Å². The highest BCUT2D eigenvalue weighted by Crippen LogP contribution is 2.19. The molecule has 112 valence electrons. The summed E-state index contributed by atoms with van der Waals surface area (Å²) in [6, 6.07) is 0.367. The summed E-state index contributed by atoms with van der Waals surface area (Å²) in [6.07, 6.45) is 6.85. The summed E-state index contributed by atoms with van der Waals surface area (Å²) in [5.41, 5.74) is 5.84. The molecule has 1 fully saturated rings. The molecule has 1 rings (SSSR count). The van der Waals surface area contributed by atoms with Gasteiger partial charge in [0.25, 0.3) is 0 Å². The predicted molar refractivity (Wildman–Crippen MR) is 74.9 cm³/mol. The highest BCUT2D eigenvalue weighted by atomic mass is 16.5. The van der Waals surface area contributed by atoms with Crippen molar-refractivity contribution in [2.75, 3.05) is 26.9 Å². The van der Waals surface area contributed by atoms with Crippen molar-refractivity contribution in [1.82, 2.24) is 5.32 Å². The van der Waals surface area contributed by atoms with Crippen LogP contribution in [0.3, 0.4) is 0 Å². The minimum atomic E-state index is 0.0979. The molecule has 1 aliphatic rings. The minimum Gasteiger partial charge on any atom is -0.385 e. The molecule has 3 N–H and O–H groups in total. The van der Waals surface area contributed by atoms with Crippen LogP contribution in [0, 0.1) is 0 Å². The van der Waals surface area contributed by atoms with Gasteiger partial charge in [-0.3, -0.25) is 4.79 Å². The number of hydrogen-bond acceptors (Lipinski definition) is 4. The van der Waals surface area contributed by atoms with Gasteiger partial charge in [-0.2, -0.15) is 0 Å². The second-order valence-corrected chi connectivity index (χ2v) is 5.21. The molecule has 0 aliphatic heterocycles. The Kier molecular flexibility index (Phi) is 8.79. The average molecular weight is 272 g/mol. The third-order valence-corrected chi connectivity index (χ3v) is 3.47. The van der Waals surface area contributed by atoms with E-state index < -0.39 is 0 Å². The van der Waals surface area contributed by atoms with Crippen LogP contribution >= 0.6 is 0 Å². The molecule has 0 aromatic carbocycles. The standard InChI is InChI=1S/C14H28N2O3/c1-18-10-2-4-14(17)16-9-3-11-19-13-7-5-12(15)6-8-13/h12-13H,2-11,15H2,1H3,(H,16,17). The lowest BCUT2D eigenvalue weighted by Crippen LogP contribution is -2.31. The summed E-state index contributed by atoms with van der Waals surface area (Å²) >= 11 is 0. The van der Waals surface area contributed by atoms with Crippen LogP contribution in [-0.2, 0) is 14.3 Å². The number of ether oxygens (including phenoxy) is 2. The molecular weight excluding hydrogens is 244 g/mol. The lowest BCUT2D eigenvalue weighted by molar-refractivity contribution is -0.121. The van der Waals surface area contributed by atoms with Gasteiger partial charge in [0, 0.05) is 39.3 Å². The Morgan fingerprint density at radius 2 is 1.95 bits per heavy atom. The Bertz CT molecular complexity index is 241. The van der Waals surface area contributed by atoms with Crippen molar-refractivity contribution < 1.29 is 14.3 Å². The molecule has 1 aliphatic carbocycles. The first kappa shape index (κ1) is 16.4. The second-order valence-electron chi connectivity index (χ2n) is 5.21. The number of hydrogen-bond donors (Lipinski definition) is 2. The van der Waals surface area contributed by atoms with Crippen LogP contribution in [-0.4, -0.2) is 44.9 Å². The van der Waals surface area contributed by atoms with E-state index in [1.807, 2.05) is 0 Å². The Labute approximate surface area is 116 Å². The Morgan fingerprint density at radius 3 is 2.63 bits per heavy atom. The lowest BCUT2D eigenvalue weighted by Gasteiger charge is -2.26. The third-order valence-electron chi connectivity index (χ3n) is 3.47. The molecule has 0 aromatic rings. The van der Waals surface area contributed by atoms with E-state index in [0.717, 1.165) is 45.1 Å². The van der Waals surface area contributed by atoms with Gasteiger partial charge in [-0.25, -0.2) is 0 Å². The summed E-state index contributed by atoms with van der Waals surface area (Å²) in [4.78, 5) is 11.4. The molecule has 0 saturated heterocycles. The zero-order valence-corrected chi connectivity index (χ0v) is 12.0. The molecule has 1 amide bonds. The molecule has 0 atom stereocenters. The van der Waals surface area contributed by atoms with Crippen molar-refractivity contribution in [3.63, 3.8) is 0 Å². The van der Waals surface area contributed by atoms with Crippen molar-refractivity contribution in [3.8, 4) is 0 Å². The predicted octanol–water partition coefficient (Wildman–Crippen LogP) is 1.21. The molecule has 1 saturated carbocycles. The highest BCUT2D eigenvalue weighted by Gasteiger charge is 2.18. The Morgan fingerprint density at radius 1 is 1.21 bits per heavy atom. The fourth-order valence-corrected chi connectivity index (χ4v) is 2.27. The first-order chi connectivity index (χ1) is 9.22. The van der Waals surface area contributed by atoms with Crippen molar-refractivity contribution in [2.45, 2.75) is 57.1 Å². The van der Waals surface area contributed by atoms with Gasteiger partial charge < -0.3 is 20.5 Å². The maximum absolute atomic E-state index is 11.4. The van der Waals surface area contributed by atoms with Crippen LogP contribution in [0.5, 0.6) is 0 Å². The van der Waals surface area contributed by atoms with E-state index in [-0.39, 0.29) is 5.91 Å². The van der Waals surface area contributed by atoms with Gasteiger partial charge >= 0.3 is 0 Å². The third kappa shape index (κ3) is 8.18. The first-order valence-electron chi connectivity index (χ1n) is 7.35. The van der Waals surface area contributed by atoms with E-state index >= 15 is 0 Å². The molecule has 0 aromatic heterocycles. The van der Waals surface area contributed by atoms with Crippen LogP contribution in [0.2, 0.25) is 0 Å². The van der Waals surface area contributed by atoms with E-state index in [1.54, 1.807) is 7.11 Å². The topological polar surface area (TPSA) is 73.6 Å². The maximum Gasteiger partial charge on any atom is 0.220 e. The molecule has 19 heavy (non-hydrogen) atoms. The number of methoxy groups -OCH3 is 1. The van der Waals surface area contributed by atoms with Crippen LogP contribution in [0.4, 0.5) is 0 Å². The molecule has 0 heterocycles. The molecule has 0 radical (unpaired) electrons. The summed E-state index contributed by atoms with van der Waals surface area (Å²) in [5.74, 6) is 0.0979. The quantitative estimate of drug-likeness (QED) is 0.619. The van der Waals surface area contributed by atoms with E-state index in [2.05, 4.69) is 5.32 Å². The summed E-state index contributed by atoms with van der Waals surface area (Å²) in [7, 11) is 1.65. The van der Waals surface area contributed by atoms with Crippen molar-refractivity contribution in [1.29, 1.82) is 0 Å². The van der Waals surface area contributed by atoms with E-state index in [1.165, 1.54) is 0 Å². The summed E-state index contributed by atoms with van der Waals surface area (Å²) < 4.78 is 10.7. The monoisotopic (exact) mass is 272 g/mol. The van der Waals surface area contributed by atoms with Crippen molar-refractivity contribution in [3.05, 3.63) is 0 Å². The van der Waals surface area contributed by atoms with Gasteiger partial charge in [-0.15, -0.1) is 0 Å². The fourth-order valence-electron chi connectivity index (χ4n) is 2.27. The van der Waals surface area contributed by atoms with Crippen LogP contribution in [0.25, 0.3) is 0 Å². The largest absolute Gasteiger partial charge is 0.385 e. The number of nitrogens with one attached hydrogen (secondary N) is 1. The molecule has 5 heteroatoms. The first-order valence-corrected chi connectivity index (χ1v) is 7.35. The van der Waals surface area contributed by atoms with Gasteiger partial charge in [0.1, 0.15) is 0 Å². The van der Waals surface area contributed by atoms with E-state index in [4.69, 9.17) is 15.2 Å². The zero-order chi connectivity index (χ0) is 13.9.